The molecule has 0 aliphatic carbocycles. The van der Waals surface area contributed by atoms with Crippen LogP contribution in [0.1, 0.15) is 25.8 Å². The van der Waals surface area contributed by atoms with Gasteiger partial charge in [0.1, 0.15) is 0 Å². The quantitative estimate of drug-likeness (QED) is 0.538. The SMILES string of the molecule is CC(C)CN(C[C@H](O)CCc1ccccc1)S(=O)(=O)c1ccc2sc(N)nc2c1. The second-order valence-corrected chi connectivity index (χ2v) is 10.6. The van der Waals surface area contributed by atoms with Crippen LogP contribution in [-0.4, -0.2) is 42.0 Å². The minimum absolute atomic E-state index is 0.0601. The molecule has 1 heterocycles. The molecule has 1 atom stereocenters. The minimum atomic E-state index is -3.76. The lowest BCUT2D eigenvalue weighted by Gasteiger charge is -2.26. The molecule has 156 valence electrons. The number of nitrogen functional groups attached to an aromatic ring is 1. The number of aliphatic hydroxyl groups is 1. The Kier molecular flexibility index (Phi) is 6.89. The zero-order valence-corrected chi connectivity index (χ0v) is 18.3. The van der Waals surface area contributed by atoms with Crippen LogP contribution in [0, 0.1) is 5.92 Å². The van der Waals surface area contributed by atoms with E-state index in [1.807, 2.05) is 44.2 Å². The van der Waals surface area contributed by atoms with Gasteiger partial charge in [-0.2, -0.15) is 4.31 Å². The van der Waals surface area contributed by atoms with Gasteiger partial charge in [-0.25, -0.2) is 13.4 Å². The Morgan fingerprint density at radius 3 is 2.55 bits per heavy atom. The monoisotopic (exact) mass is 433 g/mol. The lowest BCUT2D eigenvalue weighted by molar-refractivity contribution is 0.133. The molecule has 3 N–H and O–H groups in total. The number of aliphatic hydroxyl groups excluding tert-OH is 1. The van der Waals surface area contributed by atoms with Crippen molar-refractivity contribution >= 4 is 36.7 Å². The Morgan fingerprint density at radius 2 is 1.86 bits per heavy atom. The largest absolute Gasteiger partial charge is 0.392 e. The van der Waals surface area contributed by atoms with E-state index in [0.29, 0.717) is 30.0 Å². The van der Waals surface area contributed by atoms with Crippen LogP contribution in [0.5, 0.6) is 0 Å². The van der Waals surface area contributed by atoms with E-state index in [-0.39, 0.29) is 17.4 Å². The molecule has 0 spiro atoms. The number of thiazole rings is 1. The van der Waals surface area contributed by atoms with Crippen molar-refractivity contribution in [1.82, 2.24) is 9.29 Å². The average Bonchev–Trinajstić information content (AvgIpc) is 3.05. The Balaban J connectivity index is 1.78. The number of aryl methyl sites for hydroxylation is 1. The van der Waals surface area contributed by atoms with Crippen LogP contribution in [0.3, 0.4) is 0 Å². The van der Waals surface area contributed by atoms with Crippen LogP contribution in [0.2, 0.25) is 0 Å². The topological polar surface area (TPSA) is 96.5 Å². The summed E-state index contributed by atoms with van der Waals surface area (Å²) in [6.07, 6.45) is 0.444. The fraction of sp³-hybridized carbons (Fsp3) is 0.381. The Morgan fingerprint density at radius 1 is 1.14 bits per heavy atom. The summed E-state index contributed by atoms with van der Waals surface area (Å²) in [6, 6.07) is 14.7. The first-order valence-electron chi connectivity index (χ1n) is 9.64. The normalized spacial score (nSPS) is 13.4. The van der Waals surface area contributed by atoms with Crippen LogP contribution >= 0.6 is 11.3 Å². The van der Waals surface area contributed by atoms with Crippen LogP contribution < -0.4 is 5.73 Å². The number of fused-ring (bicyclic) bond motifs is 1. The van der Waals surface area contributed by atoms with Gasteiger partial charge < -0.3 is 10.8 Å². The highest BCUT2D eigenvalue weighted by molar-refractivity contribution is 7.89. The molecule has 0 fully saturated rings. The molecule has 0 saturated heterocycles. The van der Waals surface area contributed by atoms with Crippen LogP contribution in [-0.2, 0) is 16.4 Å². The van der Waals surface area contributed by atoms with Crippen molar-refractivity contribution < 1.29 is 13.5 Å². The van der Waals surface area contributed by atoms with E-state index in [0.717, 1.165) is 10.3 Å². The van der Waals surface area contributed by atoms with E-state index in [1.54, 1.807) is 18.2 Å². The van der Waals surface area contributed by atoms with E-state index in [1.165, 1.54) is 15.6 Å². The van der Waals surface area contributed by atoms with Crippen molar-refractivity contribution in [2.24, 2.45) is 5.92 Å². The van der Waals surface area contributed by atoms with Crippen molar-refractivity contribution in [2.45, 2.75) is 37.7 Å². The zero-order chi connectivity index (χ0) is 21.0. The molecule has 6 nitrogen and oxygen atoms in total. The Hall–Kier alpha value is -2.00. The van der Waals surface area contributed by atoms with Crippen LogP contribution in [0.4, 0.5) is 5.13 Å². The van der Waals surface area contributed by atoms with E-state index in [9.17, 15) is 13.5 Å². The molecule has 3 aromatic rings. The number of nitrogens with two attached hydrogens (primary N) is 1. The number of benzene rings is 2. The van der Waals surface area contributed by atoms with E-state index in [2.05, 4.69) is 4.98 Å². The number of sulfonamides is 1. The second kappa shape index (κ2) is 9.21. The lowest BCUT2D eigenvalue weighted by Crippen LogP contribution is -2.40. The summed E-state index contributed by atoms with van der Waals surface area (Å²) >= 11 is 1.32. The van der Waals surface area contributed by atoms with Gasteiger partial charge in [-0.3, -0.25) is 0 Å². The van der Waals surface area contributed by atoms with Gasteiger partial charge in [0.2, 0.25) is 10.0 Å². The van der Waals surface area contributed by atoms with E-state index < -0.39 is 16.1 Å². The number of rotatable bonds is 9. The van der Waals surface area contributed by atoms with Crippen molar-refractivity contribution in [3.63, 3.8) is 0 Å². The molecule has 0 saturated carbocycles. The molecule has 1 aromatic heterocycles. The summed E-state index contributed by atoms with van der Waals surface area (Å²) in [5, 5.41) is 11.0. The summed E-state index contributed by atoms with van der Waals surface area (Å²) in [7, 11) is -3.76. The van der Waals surface area contributed by atoms with Crippen molar-refractivity contribution in [1.29, 1.82) is 0 Å². The van der Waals surface area contributed by atoms with Gasteiger partial charge in [0, 0.05) is 13.1 Å². The molecule has 2 aromatic carbocycles. The first kappa shape index (κ1) is 21.7. The first-order valence-corrected chi connectivity index (χ1v) is 11.9. The predicted octanol–water partition coefficient (Wildman–Crippen LogP) is 3.52. The van der Waals surface area contributed by atoms with Gasteiger partial charge in [0.05, 0.1) is 21.2 Å². The summed E-state index contributed by atoms with van der Waals surface area (Å²) in [5.74, 6) is 0.129. The van der Waals surface area contributed by atoms with Gasteiger partial charge in [-0.15, -0.1) is 0 Å². The molecule has 0 amide bonds. The van der Waals surface area contributed by atoms with Crippen molar-refractivity contribution in [3.05, 3.63) is 54.1 Å². The zero-order valence-electron chi connectivity index (χ0n) is 16.7. The van der Waals surface area contributed by atoms with Crippen molar-refractivity contribution in [2.75, 3.05) is 18.8 Å². The molecule has 3 rings (SSSR count). The third kappa shape index (κ3) is 5.54. The maximum atomic E-state index is 13.3. The van der Waals surface area contributed by atoms with Gasteiger partial charge in [-0.1, -0.05) is 55.5 Å². The van der Waals surface area contributed by atoms with E-state index in [4.69, 9.17) is 5.73 Å². The maximum absolute atomic E-state index is 13.3. The predicted molar refractivity (Wildman–Crippen MR) is 118 cm³/mol. The number of hydrogen-bond acceptors (Lipinski definition) is 6. The average molecular weight is 434 g/mol. The van der Waals surface area contributed by atoms with Gasteiger partial charge in [0.15, 0.2) is 5.13 Å². The van der Waals surface area contributed by atoms with E-state index >= 15 is 0 Å². The first-order chi connectivity index (χ1) is 13.8. The molecule has 0 aliphatic rings. The lowest BCUT2D eigenvalue weighted by atomic mass is 10.1. The molecule has 29 heavy (non-hydrogen) atoms. The molecule has 8 heteroatoms. The summed E-state index contributed by atoms with van der Waals surface area (Å²) in [6.45, 7) is 4.32. The molecule has 0 radical (unpaired) electrons. The number of hydrogen-bond donors (Lipinski definition) is 2. The number of nitrogens with zero attached hydrogens (tertiary/aromatic N) is 2. The number of anilines is 1. The molecular formula is C21H27N3O3S2. The fourth-order valence-corrected chi connectivity index (χ4v) is 5.59. The summed E-state index contributed by atoms with van der Waals surface area (Å²) < 4.78 is 28.8. The molecular weight excluding hydrogens is 406 g/mol. The standard InChI is InChI=1S/C21H27N3O3S2/c1-15(2)13-24(14-17(25)9-8-16-6-4-3-5-7-16)29(26,27)18-10-11-20-19(12-18)23-21(22)28-20/h3-7,10-12,15,17,25H,8-9,13-14H2,1-2H3,(H2,22,23)/t17-/m1/s1. The summed E-state index contributed by atoms with van der Waals surface area (Å²) in [5.41, 5.74) is 7.43. The smallest absolute Gasteiger partial charge is 0.243 e. The fourth-order valence-electron chi connectivity index (χ4n) is 3.22. The highest BCUT2D eigenvalue weighted by atomic mass is 32.2. The molecule has 0 aliphatic heterocycles. The highest BCUT2D eigenvalue weighted by Crippen LogP contribution is 2.27. The minimum Gasteiger partial charge on any atom is -0.392 e. The second-order valence-electron chi connectivity index (χ2n) is 7.58. The highest BCUT2D eigenvalue weighted by Gasteiger charge is 2.27. The number of aromatic nitrogens is 1. The van der Waals surface area contributed by atoms with Gasteiger partial charge >= 0.3 is 0 Å². The molecule has 0 unspecified atom stereocenters. The van der Waals surface area contributed by atoms with Crippen molar-refractivity contribution in [3.8, 4) is 0 Å². The van der Waals surface area contributed by atoms with Crippen LogP contribution in [0.25, 0.3) is 10.2 Å². The Bertz CT molecular complexity index is 1050. The van der Waals surface area contributed by atoms with Gasteiger partial charge in [-0.05, 0) is 42.5 Å². The van der Waals surface area contributed by atoms with Gasteiger partial charge in [0.25, 0.3) is 0 Å². The maximum Gasteiger partial charge on any atom is 0.243 e. The van der Waals surface area contributed by atoms with Crippen LogP contribution in [0.15, 0.2) is 53.4 Å². The third-order valence-electron chi connectivity index (χ3n) is 4.61. The Labute approximate surface area is 176 Å². The molecule has 0 bridgehead atoms. The summed E-state index contributed by atoms with van der Waals surface area (Å²) in [4.78, 5) is 4.37. The third-order valence-corrected chi connectivity index (χ3v) is 7.30.